The van der Waals surface area contributed by atoms with Crippen LogP contribution in [0.3, 0.4) is 0 Å². The van der Waals surface area contributed by atoms with Gasteiger partial charge in [-0.15, -0.1) is 0 Å². The van der Waals surface area contributed by atoms with Gasteiger partial charge in [-0.05, 0) is 38.3 Å². The fourth-order valence-corrected chi connectivity index (χ4v) is 2.08. The van der Waals surface area contributed by atoms with Crippen molar-refractivity contribution in [1.82, 2.24) is 4.90 Å². The minimum atomic E-state index is -0.261. The van der Waals surface area contributed by atoms with Gasteiger partial charge in [-0.25, -0.2) is 0 Å². The number of carbonyl (C=O) groups excluding carboxylic acids is 1. The van der Waals surface area contributed by atoms with Crippen LogP contribution in [-0.2, 0) is 22.5 Å². The second-order valence-electron chi connectivity index (χ2n) is 5.74. The molecule has 0 fully saturated rings. The lowest BCUT2D eigenvalue weighted by molar-refractivity contribution is -0.141. The molecule has 18 heavy (non-hydrogen) atoms. The Bertz CT molecular complexity index is 434. The van der Waals surface area contributed by atoms with Crippen LogP contribution >= 0.6 is 0 Å². The maximum Gasteiger partial charge on any atom is 0.248 e. The largest absolute Gasteiger partial charge is 0.366 e. The van der Waals surface area contributed by atoms with Gasteiger partial charge in [0.2, 0.25) is 5.91 Å². The first kappa shape index (κ1) is 13.1. The zero-order valence-electron chi connectivity index (χ0n) is 11.4. The second-order valence-corrected chi connectivity index (χ2v) is 5.74. The van der Waals surface area contributed by atoms with Gasteiger partial charge in [0.15, 0.2) is 0 Å². The van der Waals surface area contributed by atoms with E-state index in [4.69, 9.17) is 4.74 Å². The molecule has 0 radical (unpaired) electrons. The van der Waals surface area contributed by atoms with Gasteiger partial charge in [0, 0.05) is 13.1 Å². The first-order chi connectivity index (χ1) is 8.46. The molecule has 0 aromatic heterocycles. The van der Waals surface area contributed by atoms with Crippen molar-refractivity contribution in [3.63, 3.8) is 0 Å². The lowest BCUT2D eigenvalue weighted by Crippen LogP contribution is -2.39. The van der Waals surface area contributed by atoms with E-state index >= 15 is 0 Å². The maximum atomic E-state index is 12.1. The van der Waals surface area contributed by atoms with Crippen LogP contribution in [0.25, 0.3) is 0 Å². The quantitative estimate of drug-likeness (QED) is 0.803. The van der Waals surface area contributed by atoms with E-state index in [1.54, 1.807) is 0 Å². The average molecular weight is 247 g/mol. The molecule has 1 amide bonds. The van der Waals surface area contributed by atoms with Gasteiger partial charge in [0.05, 0.1) is 5.60 Å². The molecule has 1 heterocycles. The second kappa shape index (κ2) is 5.11. The number of nitrogens with zero attached hydrogens (tertiary/aromatic N) is 1. The number of rotatable bonds is 2. The molecule has 0 spiro atoms. The summed E-state index contributed by atoms with van der Waals surface area (Å²) >= 11 is 0. The van der Waals surface area contributed by atoms with Gasteiger partial charge in [-0.3, -0.25) is 4.79 Å². The predicted octanol–water partition coefficient (Wildman–Crippen LogP) is 2.39. The Balaban J connectivity index is 1.95. The van der Waals surface area contributed by atoms with Gasteiger partial charge in [-0.2, -0.15) is 0 Å². The highest BCUT2D eigenvalue weighted by Gasteiger charge is 2.22. The van der Waals surface area contributed by atoms with E-state index in [0.717, 1.165) is 13.0 Å². The summed E-state index contributed by atoms with van der Waals surface area (Å²) in [4.78, 5) is 13.9. The van der Waals surface area contributed by atoms with Crippen LogP contribution in [0.2, 0.25) is 0 Å². The van der Waals surface area contributed by atoms with Gasteiger partial charge in [0.25, 0.3) is 0 Å². The van der Waals surface area contributed by atoms with Crippen LogP contribution in [0.1, 0.15) is 31.9 Å². The van der Waals surface area contributed by atoms with Crippen molar-refractivity contribution in [3.05, 3.63) is 35.4 Å². The summed E-state index contributed by atoms with van der Waals surface area (Å²) in [7, 11) is 0. The van der Waals surface area contributed by atoms with Gasteiger partial charge < -0.3 is 9.64 Å². The molecule has 98 valence electrons. The molecule has 1 aromatic carbocycles. The minimum absolute atomic E-state index is 0.0828. The van der Waals surface area contributed by atoms with Crippen LogP contribution < -0.4 is 0 Å². The van der Waals surface area contributed by atoms with Crippen molar-refractivity contribution in [2.75, 3.05) is 13.2 Å². The third kappa shape index (κ3) is 3.33. The van der Waals surface area contributed by atoms with E-state index < -0.39 is 0 Å². The Morgan fingerprint density at radius 2 is 1.94 bits per heavy atom. The molecular formula is C15H21NO2. The molecule has 0 saturated carbocycles. The Hall–Kier alpha value is -1.35. The minimum Gasteiger partial charge on any atom is -0.366 e. The SMILES string of the molecule is CC(C)(C)OCC(=O)N1CCc2ccccc2C1. The summed E-state index contributed by atoms with van der Waals surface area (Å²) in [5.74, 6) is 0.0828. The summed E-state index contributed by atoms with van der Waals surface area (Å²) in [6.45, 7) is 7.57. The molecule has 0 bridgehead atoms. The summed E-state index contributed by atoms with van der Waals surface area (Å²) < 4.78 is 5.54. The Morgan fingerprint density at radius 3 is 2.61 bits per heavy atom. The highest BCUT2D eigenvalue weighted by Crippen LogP contribution is 2.18. The van der Waals surface area contributed by atoms with Crippen molar-refractivity contribution in [1.29, 1.82) is 0 Å². The standard InChI is InChI=1S/C15H21NO2/c1-15(2,3)18-11-14(17)16-9-8-12-6-4-5-7-13(12)10-16/h4-7H,8-11H2,1-3H3. The molecule has 2 rings (SSSR count). The maximum absolute atomic E-state index is 12.1. The summed E-state index contributed by atoms with van der Waals surface area (Å²) in [5, 5.41) is 0. The van der Waals surface area contributed by atoms with Crippen LogP contribution in [0.5, 0.6) is 0 Å². The van der Waals surface area contributed by atoms with Crippen LogP contribution in [0.15, 0.2) is 24.3 Å². The van der Waals surface area contributed by atoms with Crippen LogP contribution in [0.4, 0.5) is 0 Å². The number of fused-ring (bicyclic) bond motifs is 1. The molecular weight excluding hydrogens is 226 g/mol. The molecule has 1 aromatic rings. The number of benzene rings is 1. The van der Waals surface area contributed by atoms with Crippen molar-refractivity contribution in [2.45, 2.75) is 39.3 Å². The monoisotopic (exact) mass is 247 g/mol. The predicted molar refractivity (Wildman–Crippen MR) is 71.3 cm³/mol. The van der Waals surface area contributed by atoms with Crippen molar-refractivity contribution in [2.24, 2.45) is 0 Å². The molecule has 0 unspecified atom stereocenters. The summed E-state index contributed by atoms with van der Waals surface area (Å²) in [6, 6.07) is 8.32. The fourth-order valence-electron chi connectivity index (χ4n) is 2.08. The molecule has 0 atom stereocenters. The smallest absolute Gasteiger partial charge is 0.248 e. The molecule has 1 aliphatic rings. The molecule has 1 aliphatic heterocycles. The highest BCUT2D eigenvalue weighted by molar-refractivity contribution is 5.77. The van der Waals surface area contributed by atoms with E-state index in [1.165, 1.54) is 11.1 Å². The average Bonchev–Trinajstić information content (AvgIpc) is 2.34. The number of amides is 1. The normalized spacial score (nSPS) is 15.4. The van der Waals surface area contributed by atoms with E-state index in [1.807, 2.05) is 31.7 Å². The highest BCUT2D eigenvalue weighted by atomic mass is 16.5. The summed E-state index contributed by atoms with van der Waals surface area (Å²) in [6.07, 6.45) is 0.942. The Morgan fingerprint density at radius 1 is 1.28 bits per heavy atom. The molecule has 0 N–H and O–H groups in total. The first-order valence-electron chi connectivity index (χ1n) is 6.44. The Kier molecular flexibility index (Phi) is 3.71. The van der Waals surface area contributed by atoms with E-state index in [2.05, 4.69) is 18.2 Å². The number of hydrogen-bond acceptors (Lipinski definition) is 2. The number of carbonyl (C=O) groups is 1. The van der Waals surface area contributed by atoms with Gasteiger partial charge in [0.1, 0.15) is 6.61 Å². The van der Waals surface area contributed by atoms with Crippen molar-refractivity contribution < 1.29 is 9.53 Å². The Labute approximate surface area is 109 Å². The van der Waals surface area contributed by atoms with E-state index in [9.17, 15) is 4.79 Å². The zero-order chi connectivity index (χ0) is 13.2. The first-order valence-corrected chi connectivity index (χ1v) is 6.44. The van der Waals surface area contributed by atoms with Crippen molar-refractivity contribution >= 4 is 5.91 Å². The molecule has 0 aliphatic carbocycles. The lowest BCUT2D eigenvalue weighted by Gasteiger charge is -2.30. The fraction of sp³-hybridized carbons (Fsp3) is 0.533. The third-order valence-corrected chi connectivity index (χ3v) is 3.11. The van der Waals surface area contributed by atoms with Gasteiger partial charge >= 0.3 is 0 Å². The van der Waals surface area contributed by atoms with Crippen molar-refractivity contribution in [3.8, 4) is 0 Å². The zero-order valence-corrected chi connectivity index (χ0v) is 11.4. The van der Waals surface area contributed by atoms with E-state index in [-0.39, 0.29) is 18.1 Å². The third-order valence-electron chi connectivity index (χ3n) is 3.11. The van der Waals surface area contributed by atoms with Crippen LogP contribution in [-0.4, -0.2) is 29.6 Å². The summed E-state index contributed by atoms with van der Waals surface area (Å²) in [5.41, 5.74) is 2.36. The van der Waals surface area contributed by atoms with Crippen LogP contribution in [0, 0.1) is 0 Å². The number of ether oxygens (including phenoxy) is 1. The topological polar surface area (TPSA) is 29.5 Å². The van der Waals surface area contributed by atoms with Gasteiger partial charge in [-0.1, -0.05) is 24.3 Å². The molecule has 0 saturated heterocycles. The molecule has 3 nitrogen and oxygen atoms in total. The number of hydrogen-bond donors (Lipinski definition) is 0. The lowest BCUT2D eigenvalue weighted by atomic mass is 10.00. The molecule has 3 heteroatoms. The van der Waals surface area contributed by atoms with E-state index in [0.29, 0.717) is 6.54 Å².